The molecular formula is C19H20FN3O2S. The molecule has 0 aliphatic carbocycles. The molecule has 0 aliphatic heterocycles. The molecule has 0 radical (unpaired) electrons. The van der Waals surface area contributed by atoms with Crippen LogP contribution in [0.15, 0.2) is 59.5 Å². The lowest BCUT2D eigenvalue weighted by atomic mass is 10.2. The maximum absolute atomic E-state index is 13.4. The molecule has 0 spiro atoms. The summed E-state index contributed by atoms with van der Waals surface area (Å²) in [5, 5.41) is 4.54. The summed E-state index contributed by atoms with van der Waals surface area (Å²) in [5.41, 5.74) is 3.37. The molecule has 136 valence electrons. The SMILES string of the molecule is Cc1nn(-c2ccccc2)c(C)c1CN(C)S(=O)(=O)c1cccc(F)c1. The second-order valence-corrected chi connectivity index (χ2v) is 8.16. The number of hydrogen-bond acceptors (Lipinski definition) is 3. The highest BCUT2D eigenvalue weighted by atomic mass is 32.2. The van der Waals surface area contributed by atoms with Gasteiger partial charge >= 0.3 is 0 Å². The Kier molecular flexibility index (Phi) is 4.93. The van der Waals surface area contributed by atoms with Crippen LogP contribution in [0.3, 0.4) is 0 Å². The lowest BCUT2D eigenvalue weighted by Crippen LogP contribution is -2.27. The van der Waals surface area contributed by atoms with Crippen molar-refractivity contribution in [2.75, 3.05) is 7.05 Å². The van der Waals surface area contributed by atoms with Gasteiger partial charge in [0, 0.05) is 24.8 Å². The van der Waals surface area contributed by atoms with E-state index in [9.17, 15) is 12.8 Å². The largest absolute Gasteiger partial charge is 0.243 e. The van der Waals surface area contributed by atoms with Gasteiger partial charge in [-0.1, -0.05) is 24.3 Å². The highest BCUT2D eigenvalue weighted by molar-refractivity contribution is 7.89. The molecule has 0 aliphatic rings. The molecule has 2 aromatic carbocycles. The third-order valence-corrected chi connectivity index (χ3v) is 6.13. The maximum Gasteiger partial charge on any atom is 0.243 e. The highest BCUT2D eigenvalue weighted by Crippen LogP contribution is 2.22. The smallest absolute Gasteiger partial charge is 0.238 e. The van der Waals surface area contributed by atoms with Gasteiger partial charge in [0.15, 0.2) is 0 Å². The van der Waals surface area contributed by atoms with Crippen molar-refractivity contribution in [2.45, 2.75) is 25.3 Å². The third-order valence-electron chi connectivity index (χ3n) is 4.33. The lowest BCUT2D eigenvalue weighted by molar-refractivity contribution is 0.464. The van der Waals surface area contributed by atoms with Crippen molar-refractivity contribution in [1.29, 1.82) is 0 Å². The molecule has 0 bridgehead atoms. The van der Waals surface area contributed by atoms with E-state index in [0.717, 1.165) is 28.7 Å². The van der Waals surface area contributed by atoms with Crippen LogP contribution in [0.4, 0.5) is 4.39 Å². The molecule has 0 amide bonds. The number of sulfonamides is 1. The van der Waals surface area contributed by atoms with E-state index >= 15 is 0 Å². The van der Waals surface area contributed by atoms with Gasteiger partial charge in [-0.2, -0.15) is 9.40 Å². The lowest BCUT2D eigenvalue weighted by Gasteiger charge is -2.17. The second kappa shape index (κ2) is 7.01. The minimum atomic E-state index is -3.79. The molecule has 1 aromatic heterocycles. The minimum absolute atomic E-state index is 0.0641. The van der Waals surface area contributed by atoms with E-state index in [-0.39, 0.29) is 11.4 Å². The standard InChI is InChI=1S/C19H20FN3O2S/c1-14-19(15(2)23(21-14)17-9-5-4-6-10-17)13-22(3)26(24,25)18-11-7-8-16(20)12-18/h4-12H,13H2,1-3H3. The van der Waals surface area contributed by atoms with Gasteiger partial charge in [0.05, 0.1) is 16.3 Å². The summed E-state index contributed by atoms with van der Waals surface area (Å²) < 4.78 is 41.9. The Labute approximate surface area is 152 Å². The predicted molar refractivity (Wildman–Crippen MR) is 98.1 cm³/mol. The van der Waals surface area contributed by atoms with Gasteiger partial charge in [0.25, 0.3) is 0 Å². The quantitative estimate of drug-likeness (QED) is 0.688. The van der Waals surface area contributed by atoms with Crippen LogP contribution in [0.5, 0.6) is 0 Å². The van der Waals surface area contributed by atoms with E-state index in [2.05, 4.69) is 5.10 Å². The van der Waals surface area contributed by atoms with Gasteiger partial charge in [-0.15, -0.1) is 0 Å². The molecule has 0 saturated carbocycles. The van der Waals surface area contributed by atoms with Crippen LogP contribution in [0.25, 0.3) is 5.69 Å². The molecule has 0 fully saturated rings. The monoisotopic (exact) mass is 373 g/mol. The van der Waals surface area contributed by atoms with Gasteiger partial charge < -0.3 is 0 Å². The van der Waals surface area contributed by atoms with Crippen molar-refractivity contribution >= 4 is 10.0 Å². The van der Waals surface area contributed by atoms with Gasteiger partial charge in [0.1, 0.15) is 5.82 Å². The number of nitrogens with zero attached hydrogens (tertiary/aromatic N) is 3. The number of benzene rings is 2. The summed E-state index contributed by atoms with van der Waals surface area (Å²) in [6, 6.07) is 14.7. The maximum atomic E-state index is 13.4. The summed E-state index contributed by atoms with van der Waals surface area (Å²) in [5.74, 6) is -0.580. The average molecular weight is 373 g/mol. The molecule has 3 rings (SSSR count). The van der Waals surface area contributed by atoms with Crippen LogP contribution in [0.2, 0.25) is 0 Å². The first-order chi connectivity index (χ1) is 12.3. The van der Waals surface area contributed by atoms with Gasteiger partial charge in [-0.25, -0.2) is 17.5 Å². The summed E-state index contributed by atoms with van der Waals surface area (Å²) >= 11 is 0. The number of aryl methyl sites for hydroxylation is 1. The Hall–Kier alpha value is -2.51. The molecule has 1 heterocycles. The third kappa shape index (κ3) is 3.40. The first-order valence-electron chi connectivity index (χ1n) is 8.13. The van der Waals surface area contributed by atoms with E-state index in [1.807, 2.05) is 44.2 Å². The van der Waals surface area contributed by atoms with Crippen LogP contribution >= 0.6 is 0 Å². The zero-order chi connectivity index (χ0) is 18.9. The van der Waals surface area contributed by atoms with Gasteiger partial charge in [0.2, 0.25) is 10.0 Å². The van der Waals surface area contributed by atoms with E-state index in [1.54, 1.807) is 4.68 Å². The van der Waals surface area contributed by atoms with Crippen molar-refractivity contribution in [3.63, 3.8) is 0 Å². The Bertz CT molecular complexity index is 1030. The summed E-state index contributed by atoms with van der Waals surface area (Å²) in [6.07, 6.45) is 0. The molecule has 26 heavy (non-hydrogen) atoms. The zero-order valence-electron chi connectivity index (χ0n) is 14.8. The topological polar surface area (TPSA) is 55.2 Å². The predicted octanol–water partition coefficient (Wildman–Crippen LogP) is 3.45. The van der Waals surface area contributed by atoms with Gasteiger partial charge in [-0.05, 0) is 44.2 Å². The Balaban J connectivity index is 1.93. The van der Waals surface area contributed by atoms with Crippen LogP contribution in [0.1, 0.15) is 17.0 Å². The minimum Gasteiger partial charge on any atom is -0.238 e. The average Bonchev–Trinajstić information content (AvgIpc) is 2.90. The van der Waals surface area contributed by atoms with Crippen molar-refractivity contribution in [2.24, 2.45) is 0 Å². The summed E-state index contributed by atoms with van der Waals surface area (Å²) in [4.78, 5) is -0.0641. The number of hydrogen-bond donors (Lipinski definition) is 0. The fraction of sp³-hybridized carbons (Fsp3) is 0.211. The fourth-order valence-electron chi connectivity index (χ4n) is 2.84. The van der Waals surface area contributed by atoms with E-state index < -0.39 is 15.8 Å². The Morgan fingerprint density at radius 1 is 1.08 bits per heavy atom. The molecule has 0 saturated heterocycles. The van der Waals surface area contributed by atoms with Crippen molar-refractivity contribution in [3.8, 4) is 5.69 Å². The first kappa shape index (κ1) is 18.3. The number of rotatable bonds is 5. The van der Waals surface area contributed by atoms with Crippen molar-refractivity contribution in [3.05, 3.63) is 77.4 Å². The molecule has 7 heteroatoms. The van der Waals surface area contributed by atoms with Crippen LogP contribution in [0, 0.1) is 19.7 Å². The Morgan fingerprint density at radius 2 is 1.77 bits per heavy atom. The van der Waals surface area contributed by atoms with Crippen molar-refractivity contribution in [1.82, 2.24) is 14.1 Å². The normalized spacial score (nSPS) is 11.9. The van der Waals surface area contributed by atoms with E-state index in [0.29, 0.717) is 0 Å². The summed E-state index contributed by atoms with van der Waals surface area (Å²) in [7, 11) is -2.31. The molecular weight excluding hydrogens is 353 g/mol. The summed E-state index contributed by atoms with van der Waals surface area (Å²) in [6.45, 7) is 3.92. The van der Waals surface area contributed by atoms with E-state index in [1.165, 1.54) is 29.6 Å². The van der Waals surface area contributed by atoms with Crippen LogP contribution in [-0.4, -0.2) is 29.6 Å². The van der Waals surface area contributed by atoms with Crippen LogP contribution in [-0.2, 0) is 16.6 Å². The number of aromatic nitrogens is 2. The van der Waals surface area contributed by atoms with E-state index in [4.69, 9.17) is 0 Å². The molecule has 0 atom stereocenters. The zero-order valence-corrected chi connectivity index (χ0v) is 15.7. The first-order valence-corrected chi connectivity index (χ1v) is 9.57. The van der Waals surface area contributed by atoms with Crippen LogP contribution < -0.4 is 0 Å². The Morgan fingerprint density at radius 3 is 2.42 bits per heavy atom. The molecule has 0 N–H and O–H groups in total. The number of para-hydroxylation sites is 1. The molecule has 0 unspecified atom stereocenters. The molecule has 3 aromatic rings. The fourth-order valence-corrected chi connectivity index (χ4v) is 4.01. The second-order valence-electron chi connectivity index (χ2n) is 6.12. The number of halogens is 1. The molecule has 5 nitrogen and oxygen atoms in total. The van der Waals surface area contributed by atoms with Gasteiger partial charge in [-0.3, -0.25) is 0 Å². The highest BCUT2D eigenvalue weighted by Gasteiger charge is 2.24. The van der Waals surface area contributed by atoms with Crippen molar-refractivity contribution < 1.29 is 12.8 Å².